The first-order chi connectivity index (χ1) is 14.0. The highest BCUT2D eigenvalue weighted by molar-refractivity contribution is 5.92. The van der Waals surface area contributed by atoms with Crippen LogP contribution in [-0.2, 0) is 35.2 Å². The molecule has 0 aliphatic heterocycles. The number of benzene rings is 1. The number of hydrogen-bond donors (Lipinski definition) is 2. The first kappa shape index (κ1) is 24.9. The molecule has 0 bridgehead atoms. The first-order valence-corrected chi connectivity index (χ1v) is 9.68. The Bertz CT molecular complexity index is 729. The fraction of sp³-hybridized carbons (Fsp3) is 0.524. The molecule has 2 N–H and O–H groups in total. The van der Waals surface area contributed by atoms with Crippen LogP contribution in [0.4, 0.5) is 4.79 Å². The average Bonchev–Trinajstić information content (AvgIpc) is 2.65. The zero-order valence-electron chi connectivity index (χ0n) is 18.0. The van der Waals surface area contributed by atoms with Gasteiger partial charge in [0, 0.05) is 0 Å². The second kappa shape index (κ2) is 11.8. The Hall–Kier alpha value is -3.10. The number of hydrogen-bond acceptors (Lipinski definition) is 7. The van der Waals surface area contributed by atoms with E-state index in [1.807, 2.05) is 6.07 Å². The number of rotatable bonds is 9. The lowest BCUT2D eigenvalue weighted by molar-refractivity contribution is -0.148. The number of ether oxygens (including phenoxy) is 3. The highest BCUT2D eigenvalue weighted by Crippen LogP contribution is 2.08. The van der Waals surface area contributed by atoms with E-state index in [4.69, 9.17) is 14.2 Å². The van der Waals surface area contributed by atoms with Gasteiger partial charge in [-0.15, -0.1) is 0 Å². The van der Waals surface area contributed by atoms with Crippen LogP contribution in [0.1, 0.15) is 46.6 Å². The van der Waals surface area contributed by atoms with Gasteiger partial charge in [0.25, 0.3) is 0 Å². The molecule has 0 aromatic heterocycles. The summed E-state index contributed by atoms with van der Waals surface area (Å²) >= 11 is 0. The van der Waals surface area contributed by atoms with Crippen LogP contribution >= 0.6 is 0 Å². The molecular formula is C21H30N2O7. The van der Waals surface area contributed by atoms with Crippen molar-refractivity contribution in [2.45, 2.75) is 65.3 Å². The van der Waals surface area contributed by atoms with Gasteiger partial charge in [0.05, 0.1) is 13.0 Å². The second-order valence-electron chi connectivity index (χ2n) is 7.53. The Morgan fingerprint density at radius 2 is 1.63 bits per heavy atom. The average molecular weight is 422 g/mol. The number of carbonyl (C=O) groups is 4. The predicted octanol–water partition coefficient (Wildman–Crippen LogP) is 2.08. The first-order valence-electron chi connectivity index (χ1n) is 9.68. The highest BCUT2D eigenvalue weighted by atomic mass is 16.6. The second-order valence-corrected chi connectivity index (χ2v) is 7.53. The molecule has 1 rings (SSSR count). The Kier molecular flexibility index (Phi) is 9.80. The van der Waals surface area contributed by atoms with Gasteiger partial charge in [-0.1, -0.05) is 30.3 Å². The topological polar surface area (TPSA) is 120 Å². The molecule has 30 heavy (non-hydrogen) atoms. The third-order valence-electron chi connectivity index (χ3n) is 3.62. The Morgan fingerprint density at radius 3 is 2.20 bits per heavy atom. The molecular weight excluding hydrogens is 392 g/mol. The van der Waals surface area contributed by atoms with E-state index >= 15 is 0 Å². The van der Waals surface area contributed by atoms with Crippen LogP contribution in [-0.4, -0.2) is 48.2 Å². The fourth-order valence-electron chi connectivity index (χ4n) is 2.26. The summed E-state index contributed by atoms with van der Waals surface area (Å²) in [5.41, 5.74) is -0.0140. The smallest absolute Gasteiger partial charge is 0.408 e. The molecule has 0 aliphatic carbocycles. The molecule has 166 valence electrons. The number of amides is 2. The van der Waals surface area contributed by atoms with Crippen LogP contribution in [0.25, 0.3) is 0 Å². The standard InChI is InChI=1S/C21H30N2O7/c1-6-28-19(26)14(2)22-18(25)16(23-20(27)30-21(3,4)5)12-17(24)29-13-15-10-8-7-9-11-15/h7-11,14,16H,6,12-13H2,1-5H3,(H,22,25)(H,23,27)/t14-,16-/m0/s1. The van der Waals surface area contributed by atoms with Gasteiger partial charge in [0.2, 0.25) is 5.91 Å². The molecule has 0 spiro atoms. The van der Waals surface area contributed by atoms with Crippen molar-refractivity contribution in [2.75, 3.05) is 6.61 Å². The van der Waals surface area contributed by atoms with E-state index in [-0.39, 0.29) is 13.2 Å². The van der Waals surface area contributed by atoms with Crippen LogP contribution < -0.4 is 10.6 Å². The van der Waals surface area contributed by atoms with Crippen LogP contribution in [0.5, 0.6) is 0 Å². The quantitative estimate of drug-likeness (QED) is 0.462. The van der Waals surface area contributed by atoms with E-state index in [1.165, 1.54) is 6.92 Å². The minimum atomic E-state index is -1.29. The summed E-state index contributed by atoms with van der Waals surface area (Å²) in [6, 6.07) is 6.78. The maximum absolute atomic E-state index is 12.6. The van der Waals surface area contributed by atoms with Crippen LogP contribution in [0.3, 0.4) is 0 Å². The highest BCUT2D eigenvalue weighted by Gasteiger charge is 2.29. The van der Waals surface area contributed by atoms with Crippen LogP contribution in [0.2, 0.25) is 0 Å². The lowest BCUT2D eigenvalue weighted by Gasteiger charge is -2.23. The monoisotopic (exact) mass is 422 g/mol. The molecule has 0 saturated carbocycles. The molecule has 9 heteroatoms. The van der Waals surface area contributed by atoms with Crippen molar-refractivity contribution < 1.29 is 33.4 Å². The van der Waals surface area contributed by atoms with Crippen LogP contribution in [0, 0.1) is 0 Å². The molecule has 0 saturated heterocycles. The SMILES string of the molecule is CCOC(=O)[C@H](C)NC(=O)[C@H](CC(=O)OCc1ccccc1)NC(=O)OC(C)(C)C. The molecule has 0 radical (unpaired) electrons. The molecule has 0 aliphatic rings. The van der Waals surface area contributed by atoms with Crippen molar-refractivity contribution in [2.24, 2.45) is 0 Å². The minimum absolute atomic E-state index is 0.0275. The van der Waals surface area contributed by atoms with Gasteiger partial charge in [-0.05, 0) is 40.2 Å². The van der Waals surface area contributed by atoms with Gasteiger partial charge in [-0.2, -0.15) is 0 Å². The molecule has 0 unspecified atom stereocenters. The third-order valence-corrected chi connectivity index (χ3v) is 3.62. The maximum atomic E-state index is 12.6. The lowest BCUT2D eigenvalue weighted by atomic mass is 10.1. The molecule has 0 heterocycles. The van der Waals surface area contributed by atoms with Gasteiger partial charge >= 0.3 is 18.0 Å². The Balaban J connectivity index is 2.77. The predicted molar refractivity (Wildman–Crippen MR) is 108 cm³/mol. The normalized spacial score (nSPS) is 12.8. The van der Waals surface area contributed by atoms with Crippen molar-refractivity contribution in [1.82, 2.24) is 10.6 Å². The van der Waals surface area contributed by atoms with Gasteiger partial charge in [-0.25, -0.2) is 9.59 Å². The van der Waals surface area contributed by atoms with Gasteiger partial charge in [0.15, 0.2) is 0 Å². The summed E-state index contributed by atoms with van der Waals surface area (Å²) < 4.78 is 15.2. The summed E-state index contributed by atoms with van der Waals surface area (Å²) in [5.74, 6) is -2.06. The summed E-state index contributed by atoms with van der Waals surface area (Å²) in [5, 5.41) is 4.77. The largest absolute Gasteiger partial charge is 0.464 e. The van der Waals surface area contributed by atoms with Crippen molar-refractivity contribution in [1.29, 1.82) is 0 Å². The van der Waals surface area contributed by atoms with E-state index in [2.05, 4.69) is 10.6 Å². The third kappa shape index (κ3) is 9.90. The van der Waals surface area contributed by atoms with Crippen molar-refractivity contribution >= 4 is 23.9 Å². The van der Waals surface area contributed by atoms with E-state index < -0.39 is 48.0 Å². The molecule has 2 amide bonds. The number of nitrogens with one attached hydrogen (secondary N) is 2. The Morgan fingerprint density at radius 1 is 1.00 bits per heavy atom. The van der Waals surface area contributed by atoms with Crippen molar-refractivity contribution in [3.05, 3.63) is 35.9 Å². The maximum Gasteiger partial charge on any atom is 0.408 e. The van der Waals surface area contributed by atoms with Gasteiger partial charge in [0.1, 0.15) is 24.3 Å². The van der Waals surface area contributed by atoms with Crippen LogP contribution in [0.15, 0.2) is 30.3 Å². The van der Waals surface area contributed by atoms with Crippen molar-refractivity contribution in [3.8, 4) is 0 Å². The number of carbonyl (C=O) groups excluding carboxylic acids is 4. The number of alkyl carbamates (subject to hydrolysis) is 1. The van der Waals surface area contributed by atoms with E-state index in [1.54, 1.807) is 52.0 Å². The lowest BCUT2D eigenvalue weighted by Crippen LogP contribution is -2.52. The molecule has 1 aromatic rings. The zero-order chi connectivity index (χ0) is 22.7. The van der Waals surface area contributed by atoms with Crippen molar-refractivity contribution in [3.63, 3.8) is 0 Å². The molecule has 2 atom stereocenters. The van der Waals surface area contributed by atoms with Gasteiger partial charge in [-0.3, -0.25) is 9.59 Å². The Labute approximate surface area is 176 Å². The summed E-state index contributed by atoms with van der Waals surface area (Å²) in [4.78, 5) is 48.7. The van der Waals surface area contributed by atoms with E-state index in [0.717, 1.165) is 5.56 Å². The van der Waals surface area contributed by atoms with E-state index in [0.29, 0.717) is 0 Å². The zero-order valence-corrected chi connectivity index (χ0v) is 18.0. The fourth-order valence-corrected chi connectivity index (χ4v) is 2.26. The molecule has 1 aromatic carbocycles. The summed E-state index contributed by atoms with van der Waals surface area (Å²) in [6.07, 6.45) is -1.31. The summed E-state index contributed by atoms with van der Waals surface area (Å²) in [7, 11) is 0. The number of esters is 2. The minimum Gasteiger partial charge on any atom is -0.464 e. The summed E-state index contributed by atoms with van der Waals surface area (Å²) in [6.45, 7) is 8.26. The molecule has 0 fully saturated rings. The van der Waals surface area contributed by atoms with Gasteiger partial charge < -0.3 is 24.8 Å². The molecule has 9 nitrogen and oxygen atoms in total. The van der Waals surface area contributed by atoms with E-state index in [9.17, 15) is 19.2 Å².